The van der Waals surface area contributed by atoms with Crippen molar-refractivity contribution in [3.63, 3.8) is 0 Å². The number of nitrogens with zero attached hydrogens (tertiary/aromatic N) is 1. The van der Waals surface area contributed by atoms with Gasteiger partial charge in [-0.1, -0.05) is 38.0 Å². The molecule has 198 valence electrons. The zero-order valence-electron chi connectivity index (χ0n) is 22.2. The first-order valence-corrected chi connectivity index (χ1v) is 13.2. The van der Waals surface area contributed by atoms with Crippen molar-refractivity contribution in [1.82, 2.24) is 10.2 Å². The van der Waals surface area contributed by atoms with E-state index in [0.29, 0.717) is 18.7 Å². The number of hydrogen-bond donors (Lipinski definition) is 3. The van der Waals surface area contributed by atoms with Gasteiger partial charge in [0.15, 0.2) is 0 Å². The molecule has 1 spiro atoms. The Hall–Kier alpha value is -2.45. The predicted molar refractivity (Wildman–Crippen MR) is 137 cm³/mol. The molecule has 0 radical (unpaired) electrons. The van der Waals surface area contributed by atoms with Crippen LogP contribution in [0.3, 0.4) is 0 Å². The topological polar surface area (TPSA) is 108 Å². The largest absolute Gasteiger partial charge is 0.396 e. The third kappa shape index (κ3) is 4.54. The van der Waals surface area contributed by atoms with Crippen LogP contribution in [-0.2, 0) is 19.1 Å². The molecule has 1 aromatic rings. The average molecular weight is 500 g/mol. The van der Waals surface area contributed by atoms with Crippen molar-refractivity contribution in [2.24, 2.45) is 17.8 Å². The lowest BCUT2D eigenvalue weighted by Crippen LogP contribution is -2.58. The zero-order valence-corrected chi connectivity index (χ0v) is 22.2. The van der Waals surface area contributed by atoms with E-state index in [9.17, 15) is 14.4 Å². The molecule has 4 rings (SSSR count). The molecule has 3 fully saturated rings. The number of unbranched alkanes of at least 4 members (excludes halogenated alkanes) is 3. The summed E-state index contributed by atoms with van der Waals surface area (Å²) in [7, 11) is 0. The van der Waals surface area contributed by atoms with Crippen molar-refractivity contribution in [3.8, 4) is 0 Å². The quantitative estimate of drug-likeness (QED) is 0.453. The first-order chi connectivity index (χ1) is 16.9. The molecule has 3 aliphatic heterocycles. The summed E-state index contributed by atoms with van der Waals surface area (Å²) in [6, 6.07) is 8.44. The number of fused-ring (bicyclic) bond motifs is 1. The molecule has 3 saturated heterocycles. The average Bonchev–Trinajstić information content (AvgIpc) is 3.30. The van der Waals surface area contributed by atoms with E-state index in [2.05, 4.69) is 17.6 Å². The van der Waals surface area contributed by atoms with Gasteiger partial charge in [0.25, 0.3) is 0 Å². The number of ether oxygens (including phenoxy) is 1. The highest BCUT2D eigenvalue weighted by Crippen LogP contribution is 2.65. The van der Waals surface area contributed by atoms with Crippen molar-refractivity contribution in [2.45, 2.75) is 89.5 Å². The monoisotopic (exact) mass is 499 g/mol. The molecule has 2 bridgehead atoms. The third-order valence-electron chi connectivity index (χ3n) is 8.19. The number of nitrogens with one attached hydrogen (secondary N) is 2. The minimum absolute atomic E-state index is 0.00233. The summed E-state index contributed by atoms with van der Waals surface area (Å²) in [5, 5.41) is 15.2. The smallest absolute Gasteiger partial charge is 0.246 e. The molecule has 0 saturated carbocycles. The summed E-state index contributed by atoms with van der Waals surface area (Å²) in [6.07, 6.45) is 3.71. The first kappa shape index (κ1) is 26.6. The van der Waals surface area contributed by atoms with E-state index in [1.807, 2.05) is 58.0 Å². The zero-order chi connectivity index (χ0) is 26.3. The number of carbonyl (C=O) groups is 3. The molecule has 8 nitrogen and oxygen atoms in total. The lowest BCUT2D eigenvalue weighted by molar-refractivity contribution is -0.147. The number of carbonyl (C=O) groups excluding carboxylic acids is 3. The van der Waals surface area contributed by atoms with Gasteiger partial charge in [-0.25, -0.2) is 0 Å². The van der Waals surface area contributed by atoms with Gasteiger partial charge >= 0.3 is 0 Å². The van der Waals surface area contributed by atoms with Crippen LogP contribution >= 0.6 is 0 Å². The van der Waals surface area contributed by atoms with Gasteiger partial charge in [-0.2, -0.15) is 0 Å². The number of likely N-dealkylation sites (tertiary alicyclic amines) is 1. The Labute approximate surface area is 214 Å². The number of rotatable bonds is 9. The standard InChI is InChI=1S/C28H41N3O5/c1-18-17-28-21(20(27(18,5)36-28)23(33)29-19-13-9-8-10-14-19)25(35)31(15-11-6-7-12-16-32)22(28)24(34)30-26(2,3)4/h8-10,13-14,18,20-22,32H,6-7,11-12,15-17H2,1-5H3,(H,29,33)(H,30,34)/t18?,20-,21+,22?,27+,28?/m1/s1. The minimum Gasteiger partial charge on any atom is -0.396 e. The third-order valence-corrected chi connectivity index (χ3v) is 8.19. The van der Waals surface area contributed by atoms with Crippen LogP contribution in [0, 0.1) is 17.8 Å². The summed E-state index contributed by atoms with van der Waals surface area (Å²) in [5.74, 6) is -2.05. The number of aliphatic hydroxyl groups excluding tert-OH is 1. The number of hydrogen-bond acceptors (Lipinski definition) is 5. The van der Waals surface area contributed by atoms with E-state index in [1.54, 1.807) is 4.90 Å². The van der Waals surface area contributed by atoms with Crippen LogP contribution in [0.1, 0.15) is 66.7 Å². The minimum atomic E-state index is -1.04. The number of amides is 3. The van der Waals surface area contributed by atoms with Crippen LogP contribution in [0.4, 0.5) is 5.69 Å². The van der Waals surface area contributed by atoms with Crippen LogP contribution in [0.5, 0.6) is 0 Å². The fourth-order valence-corrected chi connectivity index (χ4v) is 6.61. The second kappa shape index (κ2) is 9.78. The molecular formula is C28H41N3O5. The van der Waals surface area contributed by atoms with Crippen LogP contribution in [0.2, 0.25) is 0 Å². The molecule has 1 aromatic carbocycles. The molecule has 6 atom stereocenters. The summed E-state index contributed by atoms with van der Waals surface area (Å²) >= 11 is 0. The highest BCUT2D eigenvalue weighted by molar-refractivity contribution is 6.02. The predicted octanol–water partition coefficient (Wildman–Crippen LogP) is 3.10. The van der Waals surface area contributed by atoms with Crippen LogP contribution in [0.15, 0.2) is 30.3 Å². The van der Waals surface area contributed by atoms with Crippen molar-refractivity contribution in [2.75, 3.05) is 18.5 Å². The maximum atomic E-state index is 14.0. The fourth-order valence-electron chi connectivity index (χ4n) is 6.61. The number of aliphatic hydroxyl groups is 1. The molecule has 3 N–H and O–H groups in total. The van der Waals surface area contributed by atoms with Crippen LogP contribution in [0.25, 0.3) is 0 Å². The van der Waals surface area contributed by atoms with Crippen molar-refractivity contribution in [3.05, 3.63) is 30.3 Å². The summed E-state index contributed by atoms with van der Waals surface area (Å²) < 4.78 is 6.73. The maximum absolute atomic E-state index is 14.0. The molecule has 0 aromatic heterocycles. The highest BCUT2D eigenvalue weighted by atomic mass is 16.5. The first-order valence-electron chi connectivity index (χ1n) is 13.2. The Morgan fingerprint density at radius 2 is 1.78 bits per heavy atom. The van der Waals surface area contributed by atoms with Gasteiger partial charge < -0.3 is 25.4 Å². The second-order valence-corrected chi connectivity index (χ2v) is 12.0. The lowest BCUT2D eigenvalue weighted by Gasteiger charge is -2.37. The van der Waals surface area contributed by atoms with E-state index in [1.165, 1.54) is 0 Å². The maximum Gasteiger partial charge on any atom is 0.246 e. The Morgan fingerprint density at radius 3 is 2.42 bits per heavy atom. The molecular weight excluding hydrogens is 458 g/mol. The van der Waals surface area contributed by atoms with Crippen LogP contribution in [-0.4, -0.2) is 63.7 Å². The van der Waals surface area contributed by atoms with Gasteiger partial charge in [0.05, 0.1) is 17.4 Å². The SMILES string of the molecule is CC1CC23O[C@]1(C)[C@@H](C(=O)Nc1ccccc1)[C@H]2C(=O)N(CCCCCCO)C3C(=O)NC(C)(C)C. The van der Waals surface area contributed by atoms with Crippen molar-refractivity contribution in [1.29, 1.82) is 0 Å². The van der Waals surface area contributed by atoms with Gasteiger partial charge in [-0.05, 0) is 65.0 Å². The van der Waals surface area contributed by atoms with Gasteiger partial charge in [-0.3, -0.25) is 14.4 Å². The molecule has 3 unspecified atom stereocenters. The van der Waals surface area contributed by atoms with Gasteiger partial charge in [-0.15, -0.1) is 0 Å². The highest BCUT2D eigenvalue weighted by Gasteiger charge is 2.79. The molecule has 3 aliphatic rings. The normalized spacial score (nSPS) is 33.1. The van der Waals surface area contributed by atoms with E-state index in [4.69, 9.17) is 9.84 Å². The second-order valence-electron chi connectivity index (χ2n) is 12.0. The Balaban J connectivity index is 1.68. The van der Waals surface area contributed by atoms with Gasteiger partial charge in [0.2, 0.25) is 17.7 Å². The summed E-state index contributed by atoms with van der Waals surface area (Å²) in [4.78, 5) is 43.1. The van der Waals surface area contributed by atoms with E-state index in [0.717, 1.165) is 25.7 Å². The Bertz CT molecular complexity index is 993. The van der Waals surface area contributed by atoms with E-state index >= 15 is 0 Å². The van der Waals surface area contributed by atoms with Crippen molar-refractivity contribution >= 4 is 23.4 Å². The Kier molecular flexibility index (Phi) is 7.23. The molecule has 36 heavy (non-hydrogen) atoms. The summed E-state index contributed by atoms with van der Waals surface area (Å²) in [6.45, 7) is 10.3. The molecule has 0 aliphatic carbocycles. The van der Waals surface area contributed by atoms with Crippen molar-refractivity contribution < 1.29 is 24.2 Å². The number of benzene rings is 1. The molecule has 3 heterocycles. The van der Waals surface area contributed by atoms with Crippen LogP contribution < -0.4 is 10.6 Å². The Morgan fingerprint density at radius 1 is 1.11 bits per heavy atom. The van der Waals surface area contributed by atoms with E-state index < -0.39 is 34.6 Å². The number of para-hydroxylation sites is 1. The molecule has 8 heteroatoms. The van der Waals surface area contributed by atoms with Gasteiger partial charge in [0.1, 0.15) is 11.6 Å². The number of anilines is 1. The van der Waals surface area contributed by atoms with E-state index in [-0.39, 0.29) is 30.2 Å². The molecule has 3 amide bonds. The summed E-state index contributed by atoms with van der Waals surface area (Å²) in [5.41, 5.74) is -1.68. The lowest BCUT2D eigenvalue weighted by atomic mass is 9.62. The van der Waals surface area contributed by atoms with Gasteiger partial charge in [0, 0.05) is 24.4 Å². The fraction of sp³-hybridized carbons (Fsp3) is 0.679.